The standard InChI is InChI=1S/C23H30F3N5O9S.CH3.Cs/c1-12(9-20(24,25)26)29-19(32)40-16-5-2-13(8-16)14-10-27-18(28-11-14)30-15-3-6-17(7-4-15)41-31-21(33,22(34,35)36)23(37,38)39;;/h3-4,6-7,10-13,16,31,33-39H,2,5,8-9H2,1H3,(H,29,32)(H,27,28,30);1H3;/q;-1;+1. The Kier molecular flexibility index (Phi) is 15.2. The van der Waals surface area contributed by atoms with Crippen LogP contribution in [0, 0.1) is 7.43 Å². The zero-order chi connectivity index (χ0) is 30.6. The zero-order valence-electron chi connectivity index (χ0n) is 23.4. The SMILES string of the molecule is CC(CC(F)(F)F)NC(=O)OC1CCC(c2cnc(Nc3ccc(SNC(O)(C(O)(O)O)C(O)(O)O)cc3)nc2)C1.[CH3-].[Cs+]. The summed E-state index contributed by atoms with van der Waals surface area (Å²) in [5.41, 5.74) is -2.47. The summed E-state index contributed by atoms with van der Waals surface area (Å²) in [6, 6.07) is 4.87. The van der Waals surface area contributed by atoms with Gasteiger partial charge in [-0.25, -0.2) is 19.5 Å². The number of carbonyl (C=O) groups excluding carboxylic acids is 1. The number of nitrogens with one attached hydrogen (secondary N) is 3. The van der Waals surface area contributed by atoms with Crippen LogP contribution in [0.4, 0.5) is 29.6 Å². The fourth-order valence-corrected chi connectivity index (χ4v) is 4.79. The summed E-state index contributed by atoms with van der Waals surface area (Å²) in [5, 5.41) is 70.1. The van der Waals surface area contributed by atoms with Crippen molar-refractivity contribution < 1.29 is 127 Å². The molecule has 1 heterocycles. The number of alkyl carbamates (subject to hydrolysis) is 1. The molecule has 14 nitrogen and oxygen atoms in total. The molecule has 3 atom stereocenters. The molecule has 0 radical (unpaired) electrons. The van der Waals surface area contributed by atoms with Crippen LogP contribution in [-0.4, -0.2) is 87.8 Å². The predicted octanol–water partition coefficient (Wildman–Crippen LogP) is -2.08. The Morgan fingerprint density at radius 1 is 1.02 bits per heavy atom. The van der Waals surface area contributed by atoms with Crippen molar-refractivity contribution in [2.24, 2.45) is 0 Å². The number of carbonyl (C=O) groups is 1. The Morgan fingerprint density at radius 2 is 1.58 bits per heavy atom. The van der Waals surface area contributed by atoms with Gasteiger partial charge >= 0.3 is 93.1 Å². The van der Waals surface area contributed by atoms with Gasteiger partial charge in [-0.15, -0.1) is 0 Å². The van der Waals surface area contributed by atoms with Gasteiger partial charge in [0.15, 0.2) is 0 Å². The van der Waals surface area contributed by atoms with Crippen LogP contribution in [0.3, 0.4) is 0 Å². The van der Waals surface area contributed by atoms with E-state index in [-0.39, 0.29) is 93.1 Å². The maximum Gasteiger partial charge on any atom is 1.00 e. The Bertz CT molecular complexity index is 1160. The summed E-state index contributed by atoms with van der Waals surface area (Å²) in [6.07, 6.45) is -2.04. The van der Waals surface area contributed by atoms with Crippen LogP contribution in [0.5, 0.6) is 0 Å². The van der Waals surface area contributed by atoms with Crippen molar-refractivity contribution >= 4 is 29.7 Å². The number of aliphatic hydroxyl groups is 7. The van der Waals surface area contributed by atoms with Gasteiger partial charge in [-0.3, -0.25) is 0 Å². The van der Waals surface area contributed by atoms with Gasteiger partial charge in [0.05, 0.1) is 6.42 Å². The zero-order valence-corrected chi connectivity index (χ0v) is 30.5. The van der Waals surface area contributed by atoms with Gasteiger partial charge in [-0.05, 0) is 73.9 Å². The fraction of sp³-hybridized carbons (Fsp3) is 0.500. The van der Waals surface area contributed by atoms with Crippen molar-refractivity contribution in [1.82, 2.24) is 20.0 Å². The maximum atomic E-state index is 12.4. The molecule has 43 heavy (non-hydrogen) atoms. The van der Waals surface area contributed by atoms with Gasteiger partial charge in [0.25, 0.3) is 5.72 Å². The molecule has 10 N–H and O–H groups in total. The maximum absolute atomic E-state index is 12.4. The molecule has 1 fully saturated rings. The van der Waals surface area contributed by atoms with Crippen molar-refractivity contribution in [1.29, 1.82) is 0 Å². The molecule has 236 valence electrons. The molecule has 2 aromatic rings. The van der Waals surface area contributed by atoms with Crippen molar-refractivity contribution in [3.8, 4) is 0 Å². The van der Waals surface area contributed by atoms with E-state index < -0.39 is 48.5 Å². The quantitative estimate of drug-likeness (QED) is 0.0675. The normalized spacial score (nSPS) is 18.2. The average Bonchev–Trinajstić information content (AvgIpc) is 3.29. The first-order valence-corrected chi connectivity index (χ1v) is 12.9. The third kappa shape index (κ3) is 11.8. The van der Waals surface area contributed by atoms with E-state index in [9.17, 15) is 53.7 Å². The number of benzene rings is 1. The number of hydrogen-bond acceptors (Lipinski definition) is 14. The molecule has 0 aliphatic heterocycles. The van der Waals surface area contributed by atoms with Crippen LogP contribution in [0.25, 0.3) is 0 Å². The van der Waals surface area contributed by atoms with Gasteiger partial charge < -0.3 is 58.5 Å². The van der Waals surface area contributed by atoms with Crippen LogP contribution in [0.1, 0.15) is 44.1 Å². The van der Waals surface area contributed by atoms with Crippen LogP contribution in [0.2, 0.25) is 0 Å². The molecule has 1 aliphatic carbocycles. The Hall–Kier alpha value is -0.758. The summed E-state index contributed by atoms with van der Waals surface area (Å²) in [5.74, 6) is -8.05. The van der Waals surface area contributed by atoms with Crippen molar-refractivity contribution in [2.45, 2.75) is 79.4 Å². The van der Waals surface area contributed by atoms with E-state index in [1.807, 2.05) is 0 Å². The van der Waals surface area contributed by atoms with Crippen LogP contribution in [0.15, 0.2) is 41.6 Å². The molecule has 0 bridgehead atoms. The second-order valence-corrected chi connectivity index (χ2v) is 10.5. The van der Waals surface area contributed by atoms with E-state index in [0.717, 1.165) is 5.56 Å². The largest absolute Gasteiger partial charge is 1.00 e. The molecular formula is C24H33CsF3N5O9S. The Balaban J connectivity index is 0.00000462. The van der Waals surface area contributed by atoms with Gasteiger partial charge in [-0.2, -0.15) is 13.2 Å². The summed E-state index contributed by atoms with van der Waals surface area (Å²) in [6.45, 7) is 1.25. The third-order valence-electron chi connectivity index (χ3n) is 6.10. The molecule has 1 aromatic heterocycles. The third-order valence-corrected chi connectivity index (χ3v) is 7.01. The average molecular weight is 758 g/mol. The summed E-state index contributed by atoms with van der Waals surface area (Å²) < 4.78 is 44.3. The molecular weight excluding hydrogens is 724 g/mol. The van der Waals surface area contributed by atoms with Gasteiger partial charge in [-0.1, -0.05) is 0 Å². The number of halogens is 3. The Labute approximate surface area is 308 Å². The molecule has 1 amide bonds. The second kappa shape index (κ2) is 16.2. The summed E-state index contributed by atoms with van der Waals surface area (Å²) in [7, 11) is 0. The second-order valence-electron chi connectivity index (χ2n) is 9.58. The van der Waals surface area contributed by atoms with E-state index in [0.29, 0.717) is 36.9 Å². The minimum Gasteiger partial charge on any atom is -0.446 e. The summed E-state index contributed by atoms with van der Waals surface area (Å²) in [4.78, 5) is 20.7. The number of nitrogens with zero attached hydrogens (tertiary/aromatic N) is 2. The number of amides is 1. The first kappa shape index (κ1) is 40.3. The van der Waals surface area contributed by atoms with Crippen molar-refractivity contribution in [3.05, 3.63) is 49.6 Å². The van der Waals surface area contributed by atoms with Crippen molar-refractivity contribution in [2.75, 3.05) is 5.32 Å². The first-order valence-electron chi connectivity index (χ1n) is 12.1. The number of hydrogen-bond donors (Lipinski definition) is 10. The molecule has 1 saturated carbocycles. The minimum absolute atomic E-state index is 0. The number of aromatic nitrogens is 2. The fourth-order valence-electron chi connectivity index (χ4n) is 3.98. The van der Waals surface area contributed by atoms with Gasteiger partial charge in [0.1, 0.15) is 6.10 Å². The topological polar surface area (TPSA) is 230 Å². The molecule has 1 aromatic carbocycles. The number of anilines is 2. The molecule has 0 spiro atoms. The minimum atomic E-state index is -4.39. The molecule has 1 aliphatic rings. The first-order chi connectivity index (χ1) is 18.9. The molecule has 3 rings (SSSR count). The van der Waals surface area contributed by atoms with E-state index >= 15 is 0 Å². The number of alkyl halides is 3. The van der Waals surface area contributed by atoms with E-state index in [2.05, 4.69) is 20.6 Å². The Morgan fingerprint density at radius 3 is 2.09 bits per heavy atom. The molecule has 19 heteroatoms. The monoisotopic (exact) mass is 757 g/mol. The van der Waals surface area contributed by atoms with Crippen LogP contribution >= 0.6 is 11.9 Å². The molecule has 3 unspecified atom stereocenters. The van der Waals surface area contributed by atoms with Gasteiger partial charge in [0, 0.05) is 29.0 Å². The van der Waals surface area contributed by atoms with E-state index in [1.54, 1.807) is 17.1 Å². The van der Waals surface area contributed by atoms with Crippen molar-refractivity contribution in [3.63, 3.8) is 0 Å². The number of rotatable bonds is 11. The summed E-state index contributed by atoms with van der Waals surface area (Å²) >= 11 is 0.421. The smallest absolute Gasteiger partial charge is 0.446 e. The van der Waals surface area contributed by atoms with Crippen LogP contribution < -0.4 is 84.2 Å². The predicted molar refractivity (Wildman–Crippen MR) is 141 cm³/mol. The van der Waals surface area contributed by atoms with Gasteiger partial charge in [0.2, 0.25) is 5.95 Å². The van der Waals surface area contributed by atoms with Crippen LogP contribution in [-0.2, 0) is 4.74 Å². The van der Waals surface area contributed by atoms with E-state index in [4.69, 9.17) is 4.74 Å². The number of ether oxygens (including phenoxy) is 1. The molecule has 0 saturated heterocycles. The van der Waals surface area contributed by atoms with E-state index in [1.165, 1.54) is 31.2 Å².